The molecule has 0 amide bonds. The number of nitrogens with one attached hydrogen (secondary N) is 1. The first-order chi connectivity index (χ1) is 9.81. The second kappa shape index (κ2) is 7.45. The summed E-state index contributed by atoms with van der Waals surface area (Å²) in [6, 6.07) is 9.71. The smallest absolute Gasteiger partial charge is 0.133 e. The normalized spacial score (nSPS) is 10.3. The summed E-state index contributed by atoms with van der Waals surface area (Å²) >= 11 is 0. The fourth-order valence-corrected chi connectivity index (χ4v) is 1.85. The highest BCUT2D eigenvalue weighted by Crippen LogP contribution is 2.20. The van der Waals surface area contributed by atoms with Crippen LogP contribution in [0.3, 0.4) is 0 Å². The number of aromatic nitrogens is 2. The van der Waals surface area contributed by atoms with Gasteiger partial charge in [-0.2, -0.15) is 0 Å². The number of rotatable bonds is 7. The summed E-state index contributed by atoms with van der Waals surface area (Å²) in [4.78, 5) is 8.46. The van der Waals surface area contributed by atoms with Crippen molar-refractivity contribution in [3.63, 3.8) is 0 Å². The van der Waals surface area contributed by atoms with Crippen LogP contribution in [0.5, 0.6) is 5.75 Å². The third kappa shape index (κ3) is 4.20. The average molecular weight is 272 g/mol. The van der Waals surface area contributed by atoms with Crippen LogP contribution in [0.2, 0.25) is 0 Å². The second-order valence-corrected chi connectivity index (χ2v) is 4.43. The molecule has 5 heteroatoms. The molecule has 1 aromatic heterocycles. The van der Waals surface area contributed by atoms with Gasteiger partial charge >= 0.3 is 0 Å². The zero-order valence-electron chi connectivity index (χ0n) is 11.7. The molecule has 0 radical (unpaired) electrons. The Kier molecular flexibility index (Phi) is 5.32. The molecule has 1 aromatic carbocycles. The molecule has 106 valence electrons. The summed E-state index contributed by atoms with van der Waals surface area (Å²) in [6.45, 7) is 3.15. The van der Waals surface area contributed by atoms with Gasteiger partial charge in [0.15, 0.2) is 0 Å². The highest BCUT2D eigenvalue weighted by molar-refractivity contribution is 5.58. The first-order valence-electron chi connectivity index (χ1n) is 6.82. The Hall–Kier alpha value is -2.14. The maximum Gasteiger partial charge on any atom is 0.133 e. The van der Waals surface area contributed by atoms with Crippen LogP contribution in [0.15, 0.2) is 36.7 Å². The molecule has 20 heavy (non-hydrogen) atoms. The zero-order valence-corrected chi connectivity index (χ0v) is 11.7. The maximum atomic E-state index is 5.50. The Morgan fingerprint density at radius 2 is 2.15 bits per heavy atom. The molecular formula is C15H20N4O. The minimum atomic E-state index is 0.504. The summed E-state index contributed by atoms with van der Waals surface area (Å²) in [6.07, 6.45) is 3.61. The molecule has 0 saturated carbocycles. The van der Waals surface area contributed by atoms with Gasteiger partial charge in [0, 0.05) is 30.1 Å². The molecule has 0 aliphatic carbocycles. The lowest BCUT2D eigenvalue weighted by Gasteiger charge is -2.09. The summed E-state index contributed by atoms with van der Waals surface area (Å²) < 4.78 is 5.50. The van der Waals surface area contributed by atoms with Crippen molar-refractivity contribution in [2.45, 2.75) is 19.8 Å². The number of aryl methyl sites for hydroxylation is 1. The van der Waals surface area contributed by atoms with Gasteiger partial charge in [0.25, 0.3) is 0 Å². The van der Waals surface area contributed by atoms with E-state index in [0.29, 0.717) is 13.2 Å². The number of benzene rings is 1. The Morgan fingerprint density at radius 1 is 1.25 bits per heavy atom. The van der Waals surface area contributed by atoms with Crippen molar-refractivity contribution in [2.75, 3.05) is 18.5 Å². The summed E-state index contributed by atoms with van der Waals surface area (Å²) in [5.74, 6) is 1.59. The Bertz CT molecular complexity index is 545. The van der Waals surface area contributed by atoms with Crippen molar-refractivity contribution in [1.82, 2.24) is 9.97 Å². The lowest BCUT2D eigenvalue weighted by Crippen LogP contribution is -2.10. The van der Waals surface area contributed by atoms with Gasteiger partial charge in [-0.1, -0.05) is 19.4 Å². The first-order valence-corrected chi connectivity index (χ1v) is 6.82. The molecule has 0 aliphatic rings. The zero-order chi connectivity index (χ0) is 14.2. The fourth-order valence-electron chi connectivity index (χ4n) is 1.85. The Balaban J connectivity index is 2.07. The number of ether oxygens (including phenoxy) is 1. The summed E-state index contributed by atoms with van der Waals surface area (Å²) in [5.41, 5.74) is 7.40. The molecule has 2 rings (SSSR count). The van der Waals surface area contributed by atoms with Crippen molar-refractivity contribution in [1.29, 1.82) is 0 Å². The van der Waals surface area contributed by atoms with E-state index in [1.54, 1.807) is 6.33 Å². The maximum absolute atomic E-state index is 5.50. The SMILES string of the molecule is CCCc1cc(Nc2cccc(OCCN)c2)ncn1. The Labute approximate surface area is 119 Å². The van der Waals surface area contributed by atoms with Gasteiger partial charge in [-0.3, -0.25) is 0 Å². The van der Waals surface area contributed by atoms with Crippen LogP contribution < -0.4 is 15.8 Å². The van der Waals surface area contributed by atoms with E-state index in [-0.39, 0.29) is 0 Å². The number of nitrogens with zero attached hydrogens (tertiary/aromatic N) is 2. The number of nitrogens with two attached hydrogens (primary N) is 1. The molecule has 0 saturated heterocycles. The highest BCUT2D eigenvalue weighted by Gasteiger charge is 2.01. The van der Waals surface area contributed by atoms with Crippen molar-refractivity contribution in [3.8, 4) is 5.75 Å². The van der Waals surface area contributed by atoms with E-state index < -0.39 is 0 Å². The second-order valence-electron chi connectivity index (χ2n) is 4.43. The van der Waals surface area contributed by atoms with Gasteiger partial charge in [-0.25, -0.2) is 9.97 Å². The summed E-state index contributed by atoms with van der Waals surface area (Å²) in [5, 5.41) is 3.26. The molecule has 5 nitrogen and oxygen atoms in total. The van der Waals surface area contributed by atoms with Gasteiger partial charge in [-0.05, 0) is 18.6 Å². The van der Waals surface area contributed by atoms with Crippen LogP contribution in [0.4, 0.5) is 11.5 Å². The van der Waals surface area contributed by atoms with Gasteiger partial charge < -0.3 is 15.8 Å². The average Bonchev–Trinajstić information content (AvgIpc) is 2.46. The fraction of sp³-hybridized carbons (Fsp3) is 0.333. The number of anilines is 2. The van der Waals surface area contributed by atoms with Gasteiger partial charge in [0.2, 0.25) is 0 Å². The Morgan fingerprint density at radius 3 is 2.95 bits per heavy atom. The molecule has 0 aliphatic heterocycles. The van der Waals surface area contributed by atoms with E-state index in [1.807, 2.05) is 30.3 Å². The number of hydrogen-bond acceptors (Lipinski definition) is 5. The first kappa shape index (κ1) is 14.3. The lowest BCUT2D eigenvalue weighted by molar-refractivity contribution is 0.328. The predicted molar refractivity (Wildman–Crippen MR) is 80.3 cm³/mol. The lowest BCUT2D eigenvalue weighted by atomic mass is 10.2. The third-order valence-electron chi connectivity index (χ3n) is 2.72. The third-order valence-corrected chi connectivity index (χ3v) is 2.72. The van der Waals surface area contributed by atoms with Gasteiger partial charge in [-0.15, -0.1) is 0 Å². The molecule has 0 fully saturated rings. The molecule has 2 aromatic rings. The van der Waals surface area contributed by atoms with E-state index >= 15 is 0 Å². The molecule has 1 heterocycles. The van der Waals surface area contributed by atoms with Crippen molar-refractivity contribution in [3.05, 3.63) is 42.4 Å². The van der Waals surface area contributed by atoms with Crippen LogP contribution in [0, 0.1) is 0 Å². The van der Waals surface area contributed by atoms with Crippen LogP contribution in [0.25, 0.3) is 0 Å². The van der Waals surface area contributed by atoms with Gasteiger partial charge in [0.1, 0.15) is 24.5 Å². The monoisotopic (exact) mass is 272 g/mol. The summed E-state index contributed by atoms with van der Waals surface area (Å²) in [7, 11) is 0. The van der Waals surface area contributed by atoms with Crippen LogP contribution in [-0.4, -0.2) is 23.1 Å². The topological polar surface area (TPSA) is 73.1 Å². The largest absolute Gasteiger partial charge is 0.492 e. The van der Waals surface area contributed by atoms with Crippen molar-refractivity contribution < 1.29 is 4.74 Å². The van der Waals surface area contributed by atoms with E-state index in [0.717, 1.165) is 35.8 Å². The van der Waals surface area contributed by atoms with Crippen molar-refractivity contribution in [2.24, 2.45) is 5.73 Å². The van der Waals surface area contributed by atoms with Gasteiger partial charge in [0.05, 0.1) is 0 Å². The van der Waals surface area contributed by atoms with E-state index in [2.05, 4.69) is 22.2 Å². The van der Waals surface area contributed by atoms with E-state index in [9.17, 15) is 0 Å². The van der Waals surface area contributed by atoms with E-state index in [4.69, 9.17) is 10.5 Å². The van der Waals surface area contributed by atoms with Crippen LogP contribution >= 0.6 is 0 Å². The molecular weight excluding hydrogens is 252 g/mol. The minimum Gasteiger partial charge on any atom is -0.492 e. The van der Waals surface area contributed by atoms with Crippen molar-refractivity contribution >= 4 is 11.5 Å². The van der Waals surface area contributed by atoms with Crippen LogP contribution in [0.1, 0.15) is 19.0 Å². The molecule has 0 atom stereocenters. The predicted octanol–water partition coefficient (Wildman–Crippen LogP) is 2.51. The standard InChI is InChI=1S/C15H20N4O/c1-2-4-12-10-15(18-11-17-12)19-13-5-3-6-14(9-13)20-8-7-16/h3,5-6,9-11H,2,4,7-8,16H2,1H3,(H,17,18,19). The molecule has 0 spiro atoms. The minimum absolute atomic E-state index is 0.504. The molecule has 0 unspecified atom stereocenters. The van der Waals surface area contributed by atoms with Crippen LogP contribution in [-0.2, 0) is 6.42 Å². The number of hydrogen-bond donors (Lipinski definition) is 2. The highest BCUT2D eigenvalue weighted by atomic mass is 16.5. The van der Waals surface area contributed by atoms with E-state index in [1.165, 1.54) is 0 Å². The quantitative estimate of drug-likeness (QED) is 0.810. The molecule has 0 bridgehead atoms. The molecule has 3 N–H and O–H groups in total.